The maximum Gasteiger partial charge on any atom is 0.250 e. The normalized spacial score (nSPS) is 36.0. The SMILES string of the molecule is CCN1C(=O)[C@@H]2[C@H](C)N[C@@]3(C(=O)Nc4ccccc43)[C@H]2C1=O. The standard InChI is InChI=1S/C16H17N3O3/c1-3-19-13(20)11-8(2)18-16(12(11)14(19)21)9-6-4-5-7-10(9)17-15(16)22/h4-8,11-12,18H,3H2,1-2H3,(H,17,22)/t8-,11+,12+,16+/m0/s1. The van der Waals surface area contributed by atoms with Crippen LogP contribution in [0.2, 0.25) is 0 Å². The lowest BCUT2D eigenvalue weighted by Gasteiger charge is -2.28. The number of nitrogens with zero attached hydrogens (tertiary/aromatic N) is 1. The predicted molar refractivity (Wildman–Crippen MR) is 78.7 cm³/mol. The van der Waals surface area contributed by atoms with Crippen molar-refractivity contribution in [2.75, 3.05) is 11.9 Å². The minimum absolute atomic E-state index is 0.174. The second kappa shape index (κ2) is 4.16. The number of benzene rings is 1. The Bertz CT molecular complexity index is 716. The molecule has 3 amide bonds. The number of carbonyl (C=O) groups is 3. The third kappa shape index (κ3) is 1.31. The summed E-state index contributed by atoms with van der Waals surface area (Å²) in [6.07, 6.45) is 0. The Balaban J connectivity index is 1.92. The van der Waals surface area contributed by atoms with Gasteiger partial charge in [0.25, 0.3) is 0 Å². The van der Waals surface area contributed by atoms with Crippen LogP contribution in [0.4, 0.5) is 5.69 Å². The lowest BCUT2D eigenvalue weighted by Crippen LogP contribution is -2.52. The van der Waals surface area contributed by atoms with Gasteiger partial charge in [-0.2, -0.15) is 0 Å². The Labute approximate surface area is 127 Å². The van der Waals surface area contributed by atoms with E-state index in [1.165, 1.54) is 4.90 Å². The highest BCUT2D eigenvalue weighted by Crippen LogP contribution is 2.52. The highest BCUT2D eigenvalue weighted by Gasteiger charge is 2.69. The first-order valence-electron chi connectivity index (χ1n) is 7.56. The Morgan fingerprint density at radius 2 is 1.91 bits per heavy atom. The molecule has 4 rings (SSSR count). The third-order valence-electron chi connectivity index (χ3n) is 5.18. The topological polar surface area (TPSA) is 78.5 Å². The first-order chi connectivity index (χ1) is 10.5. The average molecular weight is 299 g/mol. The molecule has 3 aliphatic rings. The molecular formula is C16H17N3O3. The van der Waals surface area contributed by atoms with Crippen molar-refractivity contribution < 1.29 is 14.4 Å². The van der Waals surface area contributed by atoms with Gasteiger partial charge in [-0.1, -0.05) is 18.2 Å². The van der Waals surface area contributed by atoms with Crippen molar-refractivity contribution in [3.8, 4) is 0 Å². The van der Waals surface area contributed by atoms with Gasteiger partial charge in [-0.15, -0.1) is 0 Å². The highest BCUT2D eigenvalue weighted by atomic mass is 16.2. The van der Waals surface area contributed by atoms with Crippen LogP contribution in [0.5, 0.6) is 0 Å². The molecule has 114 valence electrons. The summed E-state index contributed by atoms with van der Waals surface area (Å²) in [6, 6.07) is 7.13. The van der Waals surface area contributed by atoms with Crippen LogP contribution >= 0.6 is 0 Å². The highest BCUT2D eigenvalue weighted by molar-refractivity contribution is 6.15. The summed E-state index contributed by atoms with van der Waals surface area (Å²) in [4.78, 5) is 39.3. The molecule has 0 unspecified atom stereocenters. The van der Waals surface area contributed by atoms with Crippen LogP contribution < -0.4 is 10.6 Å². The Hall–Kier alpha value is -2.21. The largest absolute Gasteiger partial charge is 0.324 e. The van der Waals surface area contributed by atoms with E-state index in [9.17, 15) is 14.4 Å². The maximum absolute atomic E-state index is 12.8. The number of likely N-dealkylation sites (tertiary alicyclic amines) is 1. The number of para-hydroxylation sites is 1. The van der Waals surface area contributed by atoms with Gasteiger partial charge in [-0.3, -0.25) is 24.6 Å². The molecule has 3 heterocycles. The molecule has 22 heavy (non-hydrogen) atoms. The van der Waals surface area contributed by atoms with E-state index in [4.69, 9.17) is 0 Å². The van der Waals surface area contributed by atoms with Gasteiger partial charge in [0.15, 0.2) is 0 Å². The van der Waals surface area contributed by atoms with Crippen molar-refractivity contribution in [1.29, 1.82) is 0 Å². The molecule has 0 saturated carbocycles. The van der Waals surface area contributed by atoms with Crippen LogP contribution in [-0.4, -0.2) is 35.2 Å². The number of anilines is 1. The summed E-state index contributed by atoms with van der Waals surface area (Å²) >= 11 is 0. The Morgan fingerprint density at radius 1 is 1.18 bits per heavy atom. The lowest BCUT2D eigenvalue weighted by atomic mass is 9.76. The number of hydrogen-bond acceptors (Lipinski definition) is 4. The molecule has 1 aromatic rings. The van der Waals surface area contributed by atoms with Crippen molar-refractivity contribution in [1.82, 2.24) is 10.2 Å². The molecule has 1 spiro atoms. The fraction of sp³-hybridized carbons (Fsp3) is 0.438. The Morgan fingerprint density at radius 3 is 2.64 bits per heavy atom. The van der Waals surface area contributed by atoms with Gasteiger partial charge in [0, 0.05) is 23.8 Å². The van der Waals surface area contributed by atoms with E-state index >= 15 is 0 Å². The molecule has 0 aromatic heterocycles. The molecule has 1 aromatic carbocycles. The monoisotopic (exact) mass is 299 g/mol. The summed E-state index contributed by atoms with van der Waals surface area (Å²) in [5.74, 6) is -1.82. The summed E-state index contributed by atoms with van der Waals surface area (Å²) in [5.41, 5.74) is 0.346. The summed E-state index contributed by atoms with van der Waals surface area (Å²) in [5, 5.41) is 6.11. The van der Waals surface area contributed by atoms with Gasteiger partial charge >= 0.3 is 0 Å². The average Bonchev–Trinajstić information content (AvgIpc) is 3.05. The van der Waals surface area contributed by atoms with Crippen LogP contribution in [0.3, 0.4) is 0 Å². The van der Waals surface area contributed by atoms with Gasteiger partial charge in [0.2, 0.25) is 17.7 Å². The molecule has 2 saturated heterocycles. The van der Waals surface area contributed by atoms with E-state index in [2.05, 4.69) is 10.6 Å². The van der Waals surface area contributed by atoms with Crippen LogP contribution in [0, 0.1) is 11.8 Å². The molecule has 2 fully saturated rings. The molecule has 6 heteroatoms. The van der Waals surface area contributed by atoms with Crippen molar-refractivity contribution in [2.45, 2.75) is 25.4 Å². The number of imide groups is 1. The molecule has 0 bridgehead atoms. The first-order valence-corrected chi connectivity index (χ1v) is 7.56. The van der Waals surface area contributed by atoms with Crippen LogP contribution in [-0.2, 0) is 19.9 Å². The number of amides is 3. The van der Waals surface area contributed by atoms with Crippen LogP contribution in [0.1, 0.15) is 19.4 Å². The first kappa shape index (κ1) is 13.5. The quantitative estimate of drug-likeness (QED) is 0.738. The third-order valence-corrected chi connectivity index (χ3v) is 5.18. The van der Waals surface area contributed by atoms with Gasteiger partial charge < -0.3 is 5.32 Å². The van der Waals surface area contributed by atoms with Crippen LogP contribution in [0.25, 0.3) is 0 Å². The predicted octanol–water partition coefficient (Wildman–Crippen LogP) is 0.447. The van der Waals surface area contributed by atoms with E-state index in [1.807, 2.05) is 31.2 Å². The number of carbonyl (C=O) groups excluding carboxylic acids is 3. The molecule has 0 radical (unpaired) electrons. The summed E-state index contributed by atoms with van der Waals surface area (Å²) in [7, 11) is 0. The fourth-order valence-corrected chi connectivity index (χ4v) is 4.29. The smallest absolute Gasteiger partial charge is 0.250 e. The molecule has 3 aliphatic heterocycles. The summed E-state index contributed by atoms with van der Waals surface area (Å²) < 4.78 is 0. The minimum Gasteiger partial charge on any atom is -0.324 e. The number of nitrogens with one attached hydrogen (secondary N) is 2. The molecular weight excluding hydrogens is 282 g/mol. The second-order valence-corrected chi connectivity index (χ2v) is 6.16. The van der Waals surface area contributed by atoms with E-state index in [0.717, 1.165) is 5.56 Å². The van der Waals surface area contributed by atoms with E-state index in [0.29, 0.717) is 12.2 Å². The van der Waals surface area contributed by atoms with Crippen molar-refractivity contribution in [3.05, 3.63) is 29.8 Å². The van der Waals surface area contributed by atoms with Gasteiger partial charge in [-0.05, 0) is 19.9 Å². The van der Waals surface area contributed by atoms with Crippen molar-refractivity contribution in [2.24, 2.45) is 11.8 Å². The van der Waals surface area contributed by atoms with E-state index < -0.39 is 17.4 Å². The molecule has 4 atom stereocenters. The number of hydrogen-bond donors (Lipinski definition) is 2. The minimum atomic E-state index is -1.13. The zero-order valence-electron chi connectivity index (χ0n) is 12.4. The molecule has 0 aliphatic carbocycles. The van der Waals surface area contributed by atoms with Crippen molar-refractivity contribution in [3.63, 3.8) is 0 Å². The van der Waals surface area contributed by atoms with Gasteiger partial charge in [0.05, 0.1) is 11.8 Å². The van der Waals surface area contributed by atoms with E-state index in [-0.39, 0.29) is 23.8 Å². The maximum atomic E-state index is 12.8. The van der Waals surface area contributed by atoms with Gasteiger partial charge in [0.1, 0.15) is 5.54 Å². The van der Waals surface area contributed by atoms with Crippen LogP contribution in [0.15, 0.2) is 24.3 Å². The molecule has 6 nitrogen and oxygen atoms in total. The Kier molecular flexibility index (Phi) is 2.55. The zero-order chi connectivity index (χ0) is 15.6. The fourth-order valence-electron chi connectivity index (χ4n) is 4.29. The molecule has 2 N–H and O–H groups in total. The number of rotatable bonds is 1. The zero-order valence-corrected chi connectivity index (χ0v) is 12.4. The second-order valence-electron chi connectivity index (χ2n) is 6.16. The van der Waals surface area contributed by atoms with E-state index in [1.54, 1.807) is 6.92 Å². The summed E-state index contributed by atoms with van der Waals surface area (Å²) in [6.45, 7) is 3.99. The lowest BCUT2D eigenvalue weighted by molar-refractivity contribution is -0.142. The van der Waals surface area contributed by atoms with Gasteiger partial charge in [-0.25, -0.2) is 0 Å². The van der Waals surface area contributed by atoms with Crippen molar-refractivity contribution >= 4 is 23.4 Å². The number of fused-ring (bicyclic) bond motifs is 4.